The van der Waals surface area contributed by atoms with E-state index < -0.39 is 43.0 Å². The highest BCUT2D eigenvalue weighted by molar-refractivity contribution is 5.85. The molecule has 0 radical (unpaired) electrons. The number of likely N-dealkylation sites (tertiary alicyclic amines) is 1. The number of nitrogens with one attached hydrogen (secondary N) is 1. The van der Waals surface area contributed by atoms with E-state index in [9.17, 15) is 27.2 Å². The van der Waals surface area contributed by atoms with Crippen LogP contribution in [0.5, 0.6) is 0 Å². The normalized spacial score (nSPS) is 21.1. The molecule has 0 aliphatic carbocycles. The van der Waals surface area contributed by atoms with Crippen molar-refractivity contribution in [1.29, 1.82) is 0 Å². The van der Waals surface area contributed by atoms with Crippen molar-refractivity contribution >= 4 is 12.0 Å². The summed E-state index contributed by atoms with van der Waals surface area (Å²) in [5, 5.41) is 10.5. The lowest BCUT2D eigenvalue weighted by atomic mass is 10.1. The van der Waals surface area contributed by atoms with Gasteiger partial charge < -0.3 is 21.1 Å². The molecule has 1 aliphatic heterocycles. The fourth-order valence-corrected chi connectivity index (χ4v) is 2.04. The molecule has 6 nitrogen and oxygen atoms in total. The maximum Gasteiger partial charge on any atom is 0.405 e. The Labute approximate surface area is 118 Å². The van der Waals surface area contributed by atoms with Gasteiger partial charge in [-0.1, -0.05) is 0 Å². The third-order valence-corrected chi connectivity index (χ3v) is 3.17. The summed E-state index contributed by atoms with van der Waals surface area (Å²) in [6.07, 6.45) is -0.653. The van der Waals surface area contributed by atoms with Gasteiger partial charge in [0.15, 0.2) is 0 Å². The number of carbonyl (C=O) groups excluding carboxylic acids is 1. The van der Waals surface area contributed by atoms with Crippen molar-refractivity contribution in [2.75, 3.05) is 19.6 Å². The maximum atomic E-state index is 13.1. The largest absolute Gasteiger partial charge is 0.465 e. The van der Waals surface area contributed by atoms with Crippen LogP contribution in [-0.4, -0.2) is 59.5 Å². The summed E-state index contributed by atoms with van der Waals surface area (Å²) in [6.45, 7) is -2.53. The van der Waals surface area contributed by atoms with Crippen LogP contribution in [0, 0.1) is 0 Å². The molecule has 0 bridgehead atoms. The smallest absolute Gasteiger partial charge is 0.405 e. The van der Waals surface area contributed by atoms with Crippen LogP contribution in [0.25, 0.3) is 0 Å². The SMILES string of the molecule is NCCCCC(NC(=O)O)C(=O)N1CC(F)(F)C(F)(F)C1. The number of unbranched alkanes of at least 4 members (excludes halogenated alkanes) is 1. The predicted molar refractivity (Wildman–Crippen MR) is 64.3 cm³/mol. The van der Waals surface area contributed by atoms with Gasteiger partial charge in [-0.25, -0.2) is 4.79 Å². The summed E-state index contributed by atoms with van der Waals surface area (Å²) in [6, 6.07) is -1.33. The van der Waals surface area contributed by atoms with E-state index in [0.29, 0.717) is 24.3 Å². The van der Waals surface area contributed by atoms with Crippen LogP contribution in [0.3, 0.4) is 0 Å². The van der Waals surface area contributed by atoms with Gasteiger partial charge in [-0.3, -0.25) is 4.79 Å². The molecule has 1 rings (SSSR count). The number of hydrogen-bond donors (Lipinski definition) is 3. The van der Waals surface area contributed by atoms with Crippen LogP contribution >= 0.6 is 0 Å². The van der Waals surface area contributed by atoms with Crippen LogP contribution in [-0.2, 0) is 4.79 Å². The van der Waals surface area contributed by atoms with Gasteiger partial charge in [-0.05, 0) is 25.8 Å². The number of halogens is 4. The number of carbonyl (C=O) groups is 2. The molecule has 1 unspecified atom stereocenters. The molecule has 122 valence electrons. The van der Waals surface area contributed by atoms with Crippen LogP contribution in [0.1, 0.15) is 19.3 Å². The Morgan fingerprint density at radius 1 is 1.19 bits per heavy atom. The van der Waals surface area contributed by atoms with Gasteiger partial charge >= 0.3 is 17.9 Å². The molecule has 21 heavy (non-hydrogen) atoms. The minimum atomic E-state index is -4.31. The summed E-state index contributed by atoms with van der Waals surface area (Å²) in [7, 11) is 0. The molecule has 1 heterocycles. The van der Waals surface area contributed by atoms with Gasteiger partial charge in [-0.15, -0.1) is 0 Å². The number of nitrogens with zero attached hydrogens (tertiary/aromatic N) is 1. The first-order valence-corrected chi connectivity index (χ1v) is 6.34. The van der Waals surface area contributed by atoms with E-state index >= 15 is 0 Å². The van der Waals surface area contributed by atoms with Crippen molar-refractivity contribution in [3.05, 3.63) is 0 Å². The molecule has 0 spiro atoms. The Balaban J connectivity index is 2.74. The molecule has 0 aromatic carbocycles. The molecule has 0 aromatic heterocycles. The molecule has 2 amide bonds. The quantitative estimate of drug-likeness (QED) is 0.500. The Morgan fingerprint density at radius 2 is 1.71 bits per heavy atom. The minimum Gasteiger partial charge on any atom is -0.465 e. The van der Waals surface area contributed by atoms with Gasteiger partial charge in [0.05, 0.1) is 13.1 Å². The van der Waals surface area contributed by atoms with E-state index in [0.717, 1.165) is 0 Å². The number of alkyl halides is 4. The lowest BCUT2D eigenvalue weighted by molar-refractivity contribution is -0.172. The topological polar surface area (TPSA) is 95.7 Å². The third kappa shape index (κ3) is 4.19. The zero-order valence-corrected chi connectivity index (χ0v) is 11.1. The molecule has 0 saturated carbocycles. The van der Waals surface area contributed by atoms with E-state index in [-0.39, 0.29) is 6.42 Å². The summed E-state index contributed by atoms with van der Waals surface area (Å²) in [4.78, 5) is 22.9. The summed E-state index contributed by atoms with van der Waals surface area (Å²) in [5.41, 5.74) is 5.25. The molecule has 4 N–H and O–H groups in total. The first kappa shape index (κ1) is 17.5. The van der Waals surface area contributed by atoms with Crippen molar-refractivity contribution in [1.82, 2.24) is 10.2 Å². The van der Waals surface area contributed by atoms with E-state index in [1.165, 1.54) is 0 Å². The molecular weight excluding hydrogens is 298 g/mol. The van der Waals surface area contributed by atoms with Crippen LogP contribution in [0.4, 0.5) is 22.4 Å². The Morgan fingerprint density at radius 3 is 2.14 bits per heavy atom. The van der Waals surface area contributed by atoms with E-state index in [4.69, 9.17) is 10.8 Å². The number of amides is 2. The highest BCUT2D eigenvalue weighted by atomic mass is 19.3. The number of nitrogens with two attached hydrogens (primary N) is 1. The fourth-order valence-electron chi connectivity index (χ4n) is 2.04. The summed E-state index contributed by atoms with van der Waals surface area (Å²) < 4.78 is 52.3. The van der Waals surface area contributed by atoms with Crippen LogP contribution in [0.15, 0.2) is 0 Å². The average molecular weight is 315 g/mol. The first-order chi connectivity index (χ1) is 9.60. The van der Waals surface area contributed by atoms with Gasteiger partial charge in [0.1, 0.15) is 6.04 Å². The highest BCUT2D eigenvalue weighted by Gasteiger charge is 2.64. The van der Waals surface area contributed by atoms with E-state index in [2.05, 4.69) is 0 Å². The van der Waals surface area contributed by atoms with Crippen molar-refractivity contribution in [2.24, 2.45) is 5.73 Å². The maximum absolute atomic E-state index is 13.1. The van der Waals surface area contributed by atoms with Crippen LogP contribution < -0.4 is 11.1 Å². The molecule has 1 fully saturated rings. The van der Waals surface area contributed by atoms with Gasteiger partial charge in [0.2, 0.25) is 5.91 Å². The second-order valence-corrected chi connectivity index (χ2v) is 4.89. The van der Waals surface area contributed by atoms with Gasteiger partial charge in [0.25, 0.3) is 0 Å². The second kappa shape index (κ2) is 6.46. The van der Waals surface area contributed by atoms with Gasteiger partial charge in [0, 0.05) is 0 Å². The van der Waals surface area contributed by atoms with Crippen LogP contribution in [0.2, 0.25) is 0 Å². The Hall–Kier alpha value is -1.58. The summed E-state index contributed by atoms with van der Waals surface area (Å²) in [5.74, 6) is -9.70. The number of carboxylic acid groups (broad SMARTS) is 1. The van der Waals surface area contributed by atoms with Crippen molar-refractivity contribution in [2.45, 2.75) is 37.1 Å². The molecule has 0 aromatic rings. The molecule has 1 saturated heterocycles. The van der Waals surface area contributed by atoms with E-state index in [1.54, 1.807) is 0 Å². The minimum absolute atomic E-state index is 0.00990. The lowest BCUT2D eigenvalue weighted by Gasteiger charge is -2.22. The fraction of sp³-hybridized carbons (Fsp3) is 0.818. The van der Waals surface area contributed by atoms with E-state index in [1.807, 2.05) is 5.32 Å². The lowest BCUT2D eigenvalue weighted by Crippen LogP contribution is -2.48. The third-order valence-electron chi connectivity index (χ3n) is 3.17. The van der Waals surface area contributed by atoms with Crippen molar-refractivity contribution in [3.8, 4) is 0 Å². The molecule has 1 aliphatic rings. The number of rotatable bonds is 6. The monoisotopic (exact) mass is 315 g/mol. The first-order valence-electron chi connectivity index (χ1n) is 6.34. The van der Waals surface area contributed by atoms with Gasteiger partial charge in [-0.2, -0.15) is 17.6 Å². The molecule has 1 atom stereocenters. The zero-order chi connectivity index (χ0) is 16.3. The average Bonchev–Trinajstić information content (AvgIpc) is 2.56. The Kier molecular flexibility index (Phi) is 5.37. The van der Waals surface area contributed by atoms with Crippen molar-refractivity contribution in [3.63, 3.8) is 0 Å². The summed E-state index contributed by atoms with van der Waals surface area (Å²) >= 11 is 0. The standard InChI is InChI=1S/C11H17F4N3O3/c12-10(13)5-18(6-11(10,14)15)8(19)7(17-9(20)21)3-1-2-4-16/h7,17H,1-6,16H2,(H,20,21). The van der Waals surface area contributed by atoms with Crippen molar-refractivity contribution < 1.29 is 32.3 Å². The number of hydrogen-bond acceptors (Lipinski definition) is 3. The zero-order valence-electron chi connectivity index (χ0n) is 11.1. The molecule has 10 heteroatoms. The second-order valence-electron chi connectivity index (χ2n) is 4.89. The Bertz CT molecular complexity index is 390. The highest BCUT2D eigenvalue weighted by Crippen LogP contribution is 2.41. The predicted octanol–water partition coefficient (Wildman–Crippen LogP) is 0.864. The molecular formula is C11H17F4N3O3.